The van der Waals surface area contributed by atoms with E-state index in [0.29, 0.717) is 6.54 Å². The van der Waals surface area contributed by atoms with E-state index in [1.54, 1.807) is 0 Å². The van der Waals surface area contributed by atoms with E-state index in [4.69, 9.17) is 0 Å². The molecular weight excluding hydrogens is 302 g/mol. The standard InChI is InChI=1S/C16H18BrNO/c17-14-7-8-15(13-6-2-1-5-12(13)14)18-11-16(19)9-3-4-10-16/h1-2,5-8,18-19H,3-4,9-11H2. The number of anilines is 1. The number of fused-ring (bicyclic) bond motifs is 1. The molecule has 0 heterocycles. The number of hydrogen-bond donors (Lipinski definition) is 2. The molecule has 2 aromatic rings. The highest BCUT2D eigenvalue weighted by Gasteiger charge is 2.30. The Kier molecular flexibility index (Phi) is 3.50. The van der Waals surface area contributed by atoms with Gasteiger partial charge in [-0.2, -0.15) is 0 Å². The monoisotopic (exact) mass is 319 g/mol. The summed E-state index contributed by atoms with van der Waals surface area (Å²) < 4.78 is 1.10. The maximum Gasteiger partial charge on any atom is 0.0819 e. The summed E-state index contributed by atoms with van der Waals surface area (Å²) in [6.45, 7) is 0.638. The van der Waals surface area contributed by atoms with Crippen LogP contribution in [-0.2, 0) is 0 Å². The first kappa shape index (κ1) is 12.9. The molecule has 3 heteroatoms. The van der Waals surface area contributed by atoms with E-state index >= 15 is 0 Å². The summed E-state index contributed by atoms with van der Waals surface area (Å²) in [7, 11) is 0. The van der Waals surface area contributed by atoms with Gasteiger partial charge in [0.2, 0.25) is 0 Å². The lowest BCUT2D eigenvalue weighted by molar-refractivity contribution is 0.0615. The Morgan fingerprint density at radius 1 is 1.05 bits per heavy atom. The van der Waals surface area contributed by atoms with E-state index < -0.39 is 5.60 Å². The minimum absolute atomic E-state index is 0.520. The molecular formula is C16H18BrNO. The SMILES string of the molecule is OC1(CNc2ccc(Br)c3ccccc23)CCCC1. The Balaban J connectivity index is 1.87. The fraction of sp³-hybridized carbons (Fsp3) is 0.375. The van der Waals surface area contributed by atoms with Crippen molar-refractivity contribution in [1.82, 2.24) is 0 Å². The number of rotatable bonds is 3. The molecule has 2 N–H and O–H groups in total. The zero-order valence-corrected chi connectivity index (χ0v) is 12.4. The summed E-state index contributed by atoms with van der Waals surface area (Å²) in [5, 5.41) is 16.2. The third-order valence-corrected chi connectivity index (χ3v) is 4.70. The molecule has 0 amide bonds. The molecule has 0 unspecified atom stereocenters. The van der Waals surface area contributed by atoms with E-state index in [1.807, 2.05) is 12.1 Å². The molecule has 0 aliphatic heterocycles. The van der Waals surface area contributed by atoms with Crippen LogP contribution in [-0.4, -0.2) is 17.3 Å². The Hall–Kier alpha value is -1.06. The van der Waals surface area contributed by atoms with Crippen molar-refractivity contribution in [1.29, 1.82) is 0 Å². The molecule has 0 spiro atoms. The lowest BCUT2D eigenvalue weighted by Crippen LogP contribution is -2.33. The molecule has 0 bridgehead atoms. The number of benzene rings is 2. The van der Waals surface area contributed by atoms with E-state index in [2.05, 4.69) is 45.5 Å². The van der Waals surface area contributed by atoms with Crippen molar-refractivity contribution >= 4 is 32.4 Å². The molecule has 1 saturated carbocycles. The van der Waals surface area contributed by atoms with Crippen LogP contribution in [0.5, 0.6) is 0 Å². The van der Waals surface area contributed by atoms with Crippen LogP contribution >= 0.6 is 15.9 Å². The number of halogens is 1. The predicted octanol–water partition coefficient (Wildman–Crippen LogP) is 4.32. The molecule has 0 radical (unpaired) electrons. The lowest BCUT2D eigenvalue weighted by atomic mass is 10.0. The molecule has 1 aliphatic carbocycles. The summed E-state index contributed by atoms with van der Waals surface area (Å²) in [5.74, 6) is 0. The van der Waals surface area contributed by atoms with Crippen molar-refractivity contribution in [2.75, 3.05) is 11.9 Å². The smallest absolute Gasteiger partial charge is 0.0819 e. The van der Waals surface area contributed by atoms with Crippen LogP contribution < -0.4 is 5.32 Å². The van der Waals surface area contributed by atoms with Gasteiger partial charge in [0.25, 0.3) is 0 Å². The van der Waals surface area contributed by atoms with Crippen molar-refractivity contribution in [3.63, 3.8) is 0 Å². The molecule has 2 aromatic carbocycles. The third-order valence-electron chi connectivity index (χ3n) is 4.01. The number of nitrogens with one attached hydrogen (secondary N) is 1. The minimum atomic E-state index is -0.520. The quantitative estimate of drug-likeness (QED) is 0.883. The number of aliphatic hydroxyl groups is 1. The summed E-state index contributed by atoms with van der Waals surface area (Å²) in [4.78, 5) is 0. The largest absolute Gasteiger partial charge is 0.388 e. The van der Waals surface area contributed by atoms with Crippen LogP contribution in [0.4, 0.5) is 5.69 Å². The summed E-state index contributed by atoms with van der Waals surface area (Å²) >= 11 is 3.58. The van der Waals surface area contributed by atoms with Gasteiger partial charge in [0.15, 0.2) is 0 Å². The van der Waals surface area contributed by atoms with Gasteiger partial charge in [-0.05, 0) is 30.4 Å². The third kappa shape index (κ3) is 2.63. The first-order chi connectivity index (χ1) is 9.18. The van der Waals surface area contributed by atoms with E-state index in [-0.39, 0.29) is 0 Å². The maximum absolute atomic E-state index is 10.4. The van der Waals surface area contributed by atoms with Crippen molar-refractivity contribution in [3.8, 4) is 0 Å². The van der Waals surface area contributed by atoms with Gasteiger partial charge in [-0.3, -0.25) is 0 Å². The predicted molar refractivity (Wildman–Crippen MR) is 83.6 cm³/mol. The molecule has 1 fully saturated rings. The van der Waals surface area contributed by atoms with Crippen molar-refractivity contribution in [2.24, 2.45) is 0 Å². The zero-order chi connectivity index (χ0) is 13.3. The minimum Gasteiger partial charge on any atom is -0.388 e. The maximum atomic E-state index is 10.4. The van der Waals surface area contributed by atoms with Gasteiger partial charge in [0.1, 0.15) is 0 Å². The Morgan fingerprint density at radius 3 is 2.47 bits per heavy atom. The van der Waals surface area contributed by atoms with E-state index in [1.165, 1.54) is 10.8 Å². The van der Waals surface area contributed by atoms with Gasteiger partial charge in [-0.15, -0.1) is 0 Å². The Morgan fingerprint density at radius 2 is 1.74 bits per heavy atom. The van der Waals surface area contributed by atoms with E-state index in [0.717, 1.165) is 35.8 Å². The first-order valence-corrected chi connectivity index (χ1v) is 7.61. The summed E-state index contributed by atoms with van der Waals surface area (Å²) in [5.41, 5.74) is 0.577. The van der Waals surface area contributed by atoms with E-state index in [9.17, 15) is 5.11 Å². The molecule has 0 atom stereocenters. The van der Waals surface area contributed by atoms with Gasteiger partial charge in [-0.25, -0.2) is 0 Å². The first-order valence-electron chi connectivity index (χ1n) is 6.81. The van der Waals surface area contributed by atoms with Crippen LogP contribution in [0, 0.1) is 0 Å². The topological polar surface area (TPSA) is 32.3 Å². The molecule has 1 aliphatic rings. The molecule has 0 saturated heterocycles. The van der Waals surface area contributed by atoms with Crippen molar-refractivity contribution < 1.29 is 5.11 Å². The zero-order valence-electron chi connectivity index (χ0n) is 10.8. The van der Waals surface area contributed by atoms with Crippen molar-refractivity contribution in [2.45, 2.75) is 31.3 Å². The fourth-order valence-electron chi connectivity index (χ4n) is 2.89. The van der Waals surface area contributed by atoms with Crippen LogP contribution in [0.15, 0.2) is 40.9 Å². The van der Waals surface area contributed by atoms with Crippen LogP contribution in [0.25, 0.3) is 10.8 Å². The van der Waals surface area contributed by atoms with Gasteiger partial charge in [-0.1, -0.05) is 53.0 Å². The molecule has 0 aromatic heterocycles. The van der Waals surface area contributed by atoms with Gasteiger partial charge in [0.05, 0.1) is 5.60 Å². The molecule has 3 rings (SSSR count). The Labute approximate surface area is 122 Å². The van der Waals surface area contributed by atoms with Crippen LogP contribution in [0.2, 0.25) is 0 Å². The lowest BCUT2D eigenvalue weighted by Gasteiger charge is -2.23. The number of hydrogen-bond acceptors (Lipinski definition) is 2. The highest BCUT2D eigenvalue weighted by atomic mass is 79.9. The highest BCUT2D eigenvalue weighted by molar-refractivity contribution is 9.10. The average Bonchev–Trinajstić information content (AvgIpc) is 2.86. The fourth-order valence-corrected chi connectivity index (χ4v) is 3.36. The van der Waals surface area contributed by atoms with Gasteiger partial charge < -0.3 is 10.4 Å². The second kappa shape index (κ2) is 5.14. The normalized spacial score (nSPS) is 17.8. The van der Waals surface area contributed by atoms with Gasteiger partial charge >= 0.3 is 0 Å². The molecule has 2 nitrogen and oxygen atoms in total. The average molecular weight is 320 g/mol. The van der Waals surface area contributed by atoms with Gasteiger partial charge in [0, 0.05) is 22.1 Å². The van der Waals surface area contributed by atoms with Crippen LogP contribution in [0.1, 0.15) is 25.7 Å². The Bertz CT molecular complexity index is 590. The second-order valence-corrected chi connectivity index (χ2v) is 6.28. The highest BCUT2D eigenvalue weighted by Crippen LogP contribution is 2.33. The van der Waals surface area contributed by atoms with Crippen molar-refractivity contribution in [3.05, 3.63) is 40.9 Å². The molecule has 100 valence electrons. The second-order valence-electron chi connectivity index (χ2n) is 5.43. The van der Waals surface area contributed by atoms with Crippen LogP contribution in [0.3, 0.4) is 0 Å². The summed E-state index contributed by atoms with van der Waals surface area (Å²) in [6.07, 6.45) is 4.10. The molecule has 19 heavy (non-hydrogen) atoms. The summed E-state index contributed by atoms with van der Waals surface area (Å²) in [6, 6.07) is 12.4.